The number of rotatable bonds is 8. The van der Waals surface area contributed by atoms with Crippen molar-refractivity contribution in [3.63, 3.8) is 0 Å². The van der Waals surface area contributed by atoms with Gasteiger partial charge in [-0.15, -0.1) is 0 Å². The molecule has 0 bridgehead atoms. The molecule has 4 N–H and O–H groups in total. The SMILES string of the molecule is NCC(NCCCCO)c1cncn1C1CC1. The summed E-state index contributed by atoms with van der Waals surface area (Å²) in [4.78, 5) is 4.22. The second-order valence-electron chi connectivity index (χ2n) is 4.63. The van der Waals surface area contributed by atoms with Crippen LogP contribution in [0.25, 0.3) is 0 Å². The molecular formula is C12H22N4O. The second kappa shape index (κ2) is 6.14. The number of aromatic nitrogens is 2. The molecule has 5 nitrogen and oxygen atoms in total. The molecule has 1 aromatic rings. The van der Waals surface area contributed by atoms with E-state index >= 15 is 0 Å². The zero-order valence-corrected chi connectivity index (χ0v) is 10.2. The smallest absolute Gasteiger partial charge is 0.0951 e. The number of unbranched alkanes of at least 4 members (excludes halogenated alkanes) is 1. The number of aliphatic hydroxyl groups is 1. The number of imidazole rings is 1. The Morgan fingerprint density at radius 3 is 3.00 bits per heavy atom. The fourth-order valence-corrected chi connectivity index (χ4v) is 2.06. The minimum atomic E-state index is 0.178. The van der Waals surface area contributed by atoms with Crippen LogP contribution in [-0.4, -0.2) is 34.4 Å². The van der Waals surface area contributed by atoms with Crippen molar-refractivity contribution in [1.82, 2.24) is 14.9 Å². The van der Waals surface area contributed by atoms with Gasteiger partial charge in [0.1, 0.15) is 0 Å². The van der Waals surface area contributed by atoms with Crippen molar-refractivity contribution in [2.24, 2.45) is 5.73 Å². The van der Waals surface area contributed by atoms with Crippen LogP contribution in [0.3, 0.4) is 0 Å². The quantitative estimate of drug-likeness (QED) is 0.579. The number of nitrogens with zero attached hydrogens (tertiary/aromatic N) is 2. The molecule has 0 spiro atoms. The van der Waals surface area contributed by atoms with Crippen molar-refractivity contribution in [2.75, 3.05) is 19.7 Å². The number of hydrogen-bond donors (Lipinski definition) is 3. The predicted molar refractivity (Wildman–Crippen MR) is 66.6 cm³/mol. The summed E-state index contributed by atoms with van der Waals surface area (Å²) in [5.41, 5.74) is 7.01. The van der Waals surface area contributed by atoms with Crippen molar-refractivity contribution in [3.8, 4) is 0 Å². The van der Waals surface area contributed by atoms with Gasteiger partial charge in [0, 0.05) is 25.4 Å². The molecule has 0 aromatic carbocycles. The Hall–Kier alpha value is -0.910. The molecule has 0 saturated heterocycles. The first-order valence-electron chi connectivity index (χ1n) is 6.43. The number of nitrogens with one attached hydrogen (secondary N) is 1. The summed E-state index contributed by atoms with van der Waals surface area (Å²) in [6.45, 7) is 1.73. The zero-order chi connectivity index (χ0) is 12.1. The van der Waals surface area contributed by atoms with Gasteiger partial charge < -0.3 is 20.7 Å². The van der Waals surface area contributed by atoms with E-state index in [0.29, 0.717) is 12.6 Å². The topological polar surface area (TPSA) is 76.1 Å². The van der Waals surface area contributed by atoms with Crippen molar-refractivity contribution < 1.29 is 5.11 Å². The Labute approximate surface area is 102 Å². The molecular weight excluding hydrogens is 216 g/mol. The highest BCUT2D eigenvalue weighted by Gasteiger charge is 2.27. The zero-order valence-electron chi connectivity index (χ0n) is 10.2. The van der Waals surface area contributed by atoms with E-state index in [-0.39, 0.29) is 12.6 Å². The van der Waals surface area contributed by atoms with E-state index in [0.717, 1.165) is 19.4 Å². The largest absolute Gasteiger partial charge is 0.396 e. The summed E-state index contributed by atoms with van der Waals surface area (Å²) >= 11 is 0. The van der Waals surface area contributed by atoms with E-state index in [9.17, 15) is 0 Å². The van der Waals surface area contributed by atoms with E-state index in [1.54, 1.807) is 0 Å². The minimum Gasteiger partial charge on any atom is -0.396 e. The maximum Gasteiger partial charge on any atom is 0.0951 e. The first-order chi connectivity index (χ1) is 8.36. The summed E-state index contributed by atoms with van der Waals surface area (Å²) in [6, 6.07) is 0.817. The Morgan fingerprint density at radius 1 is 1.53 bits per heavy atom. The molecule has 0 aliphatic heterocycles. The molecule has 2 rings (SSSR count). The standard InChI is InChI=1S/C12H22N4O/c13-7-11(15-5-1-2-6-17)12-8-14-9-16(12)10-3-4-10/h8-11,15,17H,1-7,13H2. The molecule has 1 aromatic heterocycles. The van der Waals surface area contributed by atoms with E-state index < -0.39 is 0 Å². The molecule has 96 valence electrons. The van der Waals surface area contributed by atoms with Gasteiger partial charge in [0.2, 0.25) is 0 Å². The highest BCUT2D eigenvalue weighted by Crippen LogP contribution is 2.36. The summed E-state index contributed by atoms with van der Waals surface area (Å²) < 4.78 is 2.25. The lowest BCUT2D eigenvalue weighted by molar-refractivity contribution is 0.282. The van der Waals surface area contributed by atoms with Crippen LogP contribution in [0.4, 0.5) is 0 Å². The normalized spacial score (nSPS) is 17.3. The predicted octanol–water partition coefficient (Wildman–Crippen LogP) is 0.580. The molecule has 1 fully saturated rings. The molecule has 1 saturated carbocycles. The van der Waals surface area contributed by atoms with Gasteiger partial charge in [-0.2, -0.15) is 0 Å². The molecule has 1 aliphatic rings. The Balaban J connectivity index is 1.89. The fourth-order valence-electron chi connectivity index (χ4n) is 2.06. The van der Waals surface area contributed by atoms with Crippen molar-refractivity contribution >= 4 is 0 Å². The van der Waals surface area contributed by atoms with Crippen LogP contribution in [0.15, 0.2) is 12.5 Å². The van der Waals surface area contributed by atoms with Crippen LogP contribution < -0.4 is 11.1 Å². The Morgan fingerprint density at radius 2 is 2.35 bits per heavy atom. The average molecular weight is 238 g/mol. The highest BCUT2D eigenvalue weighted by molar-refractivity contribution is 5.09. The van der Waals surface area contributed by atoms with E-state index in [2.05, 4.69) is 14.9 Å². The van der Waals surface area contributed by atoms with Crippen LogP contribution in [-0.2, 0) is 0 Å². The third kappa shape index (κ3) is 3.28. The Bertz CT molecular complexity index is 335. The van der Waals surface area contributed by atoms with Gasteiger partial charge in [0.25, 0.3) is 0 Å². The van der Waals surface area contributed by atoms with Crippen molar-refractivity contribution in [3.05, 3.63) is 18.2 Å². The van der Waals surface area contributed by atoms with Crippen molar-refractivity contribution in [2.45, 2.75) is 37.8 Å². The molecule has 1 heterocycles. The van der Waals surface area contributed by atoms with Crippen molar-refractivity contribution in [1.29, 1.82) is 0 Å². The minimum absolute atomic E-state index is 0.178. The number of nitrogens with two attached hydrogens (primary N) is 1. The maximum absolute atomic E-state index is 8.73. The highest BCUT2D eigenvalue weighted by atomic mass is 16.2. The maximum atomic E-state index is 8.73. The summed E-state index contributed by atoms with van der Waals surface area (Å²) in [5.74, 6) is 0. The first kappa shape index (κ1) is 12.5. The van der Waals surface area contributed by atoms with Gasteiger partial charge in [-0.25, -0.2) is 4.98 Å². The van der Waals surface area contributed by atoms with Gasteiger partial charge in [-0.1, -0.05) is 0 Å². The van der Waals surface area contributed by atoms with Gasteiger partial charge >= 0.3 is 0 Å². The fraction of sp³-hybridized carbons (Fsp3) is 0.750. The first-order valence-corrected chi connectivity index (χ1v) is 6.43. The lowest BCUT2D eigenvalue weighted by atomic mass is 10.2. The molecule has 1 unspecified atom stereocenters. The van der Waals surface area contributed by atoms with Gasteiger partial charge in [-0.3, -0.25) is 0 Å². The monoisotopic (exact) mass is 238 g/mol. The lowest BCUT2D eigenvalue weighted by Gasteiger charge is -2.18. The molecule has 17 heavy (non-hydrogen) atoms. The van der Waals surface area contributed by atoms with Crippen LogP contribution in [0.2, 0.25) is 0 Å². The van der Waals surface area contributed by atoms with Crippen LogP contribution in [0, 0.1) is 0 Å². The third-order valence-electron chi connectivity index (χ3n) is 3.20. The summed E-state index contributed by atoms with van der Waals surface area (Å²) in [6.07, 6.45) is 8.15. The van der Waals surface area contributed by atoms with Gasteiger partial charge in [0.05, 0.1) is 18.1 Å². The number of aliphatic hydroxyl groups excluding tert-OH is 1. The van der Waals surface area contributed by atoms with E-state index in [1.165, 1.54) is 18.5 Å². The van der Waals surface area contributed by atoms with Crippen LogP contribution in [0.5, 0.6) is 0 Å². The number of hydrogen-bond acceptors (Lipinski definition) is 4. The van der Waals surface area contributed by atoms with E-state index in [4.69, 9.17) is 10.8 Å². The molecule has 1 atom stereocenters. The van der Waals surface area contributed by atoms with Crippen LogP contribution >= 0.6 is 0 Å². The molecule has 1 aliphatic carbocycles. The van der Waals surface area contributed by atoms with Gasteiger partial charge in [-0.05, 0) is 32.2 Å². The van der Waals surface area contributed by atoms with Gasteiger partial charge in [0.15, 0.2) is 0 Å². The van der Waals surface area contributed by atoms with Crippen LogP contribution in [0.1, 0.15) is 43.5 Å². The lowest BCUT2D eigenvalue weighted by Crippen LogP contribution is -2.30. The third-order valence-corrected chi connectivity index (χ3v) is 3.20. The van der Waals surface area contributed by atoms with E-state index in [1.807, 2.05) is 12.5 Å². The molecule has 5 heteroatoms. The second-order valence-corrected chi connectivity index (χ2v) is 4.63. The molecule has 0 radical (unpaired) electrons. The summed E-state index contributed by atoms with van der Waals surface area (Å²) in [5, 5.41) is 12.2. The summed E-state index contributed by atoms with van der Waals surface area (Å²) in [7, 11) is 0. The average Bonchev–Trinajstić information content (AvgIpc) is 3.08. The Kier molecular flexibility index (Phi) is 4.53. The molecule has 0 amide bonds.